The van der Waals surface area contributed by atoms with Gasteiger partial charge in [-0.2, -0.15) is 9.97 Å². The number of rotatable bonds is 5. The number of fused-ring (bicyclic) bond motifs is 2. The lowest BCUT2D eigenvalue weighted by atomic mass is 9.93. The van der Waals surface area contributed by atoms with E-state index < -0.39 is 9.84 Å². The number of anilines is 1. The maximum absolute atomic E-state index is 12.6. The molecule has 0 aliphatic heterocycles. The molecule has 12 nitrogen and oxygen atoms in total. The van der Waals surface area contributed by atoms with Gasteiger partial charge in [0.25, 0.3) is 11.1 Å². The minimum Gasteiger partial charge on any atom is -0.393 e. The van der Waals surface area contributed by atoms with Crippen molar-refractivity contribution in [2.45, 2.75) is 43.0 Å². The lowest BCUT2D eigenvalue weighted by Gasteiger charge is -2.26. The van der Waals surface area contributed by atoms with Crippen molar-refractivity contribution >= 4 is 61.1 Å². The van der Waals surface area contributed by atoms with Crippen molar-refractivity contribution in [3.63, 3.8) is 0 Å². The second-order valence-electron chi connectivity index (χ2n) is 11.7. The van der Waals surface area contributed by atoms with Crippen molar-refractivity contribution in [1.29, 1.82) is 0 Å². The van der Waals surface area contributed by atoms with Gasteiger partial charge in [0.1, 0.15) is 11.3 Å². The maximum atomic E-state index is 12.6. The summed E-state index contributed by atoms with van der Waals surface area (Å²) in [6.45, 7) is 0. The summed E-state index contributed by atoms with van der Waals surface area (Å²) in [6.07, 6.45) is 7.22. The van der Waals surface area contributed by atoms with Gasteiger partial charge in [-0.3, -0.25) is 14.2 Å². The molecule has 252 valence electrons. The number of sulfone groups is 1. The van der Waals surface area contributed by atoms with Gasteiger partial charge in [-0.1, -0.05) is 59.6 Å². The molecule has 3 N–H and O–H groups in total. The van der Waals surface area contributed by atoms with Crippen LogP contribution in [-0.2, 0) is 16.9 Å². The van der Waals surface area contributed by atoms with Crippen molar-refractivity contribution < 1.29 is 13.5 Å². The van der Waals surface area contributed by atoms with Gasteiger partial charge in [0.2, 0.25) is 20.9 Å². The number of nitrogens with one attached hydrogen (secondary N) is 2. The summed E-state index contributed by atoms with van der Waals surface area (Å²) in [7, 11) is -2.02. The first kappa shape index (κ1) is 34.2. The fraction of sp³-hybridized carbons (Fsp3) is 0.235. The van der Waals surface area contributed by atoms with Gasteiger partial charge in [-0.15, -0.1) is 0 Å². The molecule has 1 saturated carbocycles. The number of hydrogen-bond donors (Lipinski definition) is 3. The molecule has 4 heterocycles. The fourth-order valence-corrected chi connectivity index (χ4v) is 6.60. The average molecular weight is 721 g/mol. The van der Waals surface area contributed by atoms with Crippen LogP contribution in [0.5, 0.6) is 0 Å². The third-order valence-corrected chi connectivity index (χ3v) is 9.73. The molecular formula is C34H31Cl2N7O5S. The summed E-state index contributed by atoms with van der Waals surface area (Å²) < 4.78 is 24.4. The number of aromatic nitrogens is 6. The van der Waals surface area contributed by atoms with Crippen LogP contribution in [0.1, 0.15) is 25.7 Å². The van der Waals surface area contributed by atoms with E-state index in [2.05, 4.69) is 30.2 Å². The fourth-order valence-electron chi connectivity index (χ4n) is 5.63. The number of pyridine rings is 2. The average Bonchev–Trinajstić information content (AvgIpc) is 3.07. The molecule has 0 unspecified atom stereocenters. The number of hydrogen-bond acceptors (Lipinski definition) is 10. The number of aliphatic hydroxyl groups excluding tert-OH is 1. The van der Waals surface area contributed by atoms with Crippen molar-refractivity contribution in [3.8, 4) is 22.3 Å². The molecular weight excluding hydrogens is 689 g/mol. The van der Waals surface area contributed by atoms with Crippen LogP contribution in [0.4, 0.5) is 5.95 Å². The summed E-state index contributed by atoms with van der Waals surface area (Å²) in [5.41, 5.74) is 2.36. The van der Waals surface area contributed by atoms with E-state index in [1.807, 2.05) is 18.2 Å². The Balaban J connectivity index is 0.000000171. The van der Waals surface area contributed by atoms with E-state index in [0.29, 0.717) is 49.3 Å². The molecule has 0 bridgehead atoms. The van der Waals surface area contributed by atoms with E-state index in [-0.39, 0.29) is 34.1 Å². The zero-order valence-corrected chi connectivity index (χ0v) is 28.7. The van der Waals surface area contributed by atoms with Gasteiger partial charge in [-0.05, 0) is 49.9 Å². The minimum atomic E-state index is -3.55. The molecule has 0 radical (unpaired) electrons. The number of aromatic amines is 1. The lowest BCUT2D eigenvalue weighted by molar-refractivity contribution is 0.126. The minimum absolute atomic E-state index is 0.204. The van der Waals surface area contributed by atoms with Crippen molar-refractivity contribution in [3.05, 3.63) is 104 Å². The number of benzene rings is 2. The predicted molar refractivity (Wildman–Crippen MR) is 191 cm³/mol. The third-order valence-electron chi connectivity index (χ3n) is 8.21. The van der Waals surface area contributed by atoms with E-state index in [9.17, 15) is 23.1 Å². The Labute approximate surface area is 290 Å². The zero-order chi connectivity index (χ0) is 34.9. The van der Waals surface area contributed by atoms with Crippen LogP contribution >= 0.6 is 23.2 Å². The molecule has 6 aromatic rings. The predicted octanol–water partition coefficient (Wildman–Crippen LogP) is 5.41. The van der Waals surface area contributed by atoms with Crippen molar-refractivity contribution in [1.82, 2.24) is 29.5 Å². The Morgan fingerprint density at radius 2 is 1.43 bits per heavy atom. The summed E-state index contributed by atoms with van der Waals surface area (Å²) in [5.74, 6) is 0.486. The molecule has 0 atom stereocenters. The Kier molecular flexibility index (Phi) is 9.79. The Bertz CT molecular complexity index is 2430. The second-order valence-corrected chi connectivity index (χ2v) is 14.5. The van der Waals surface area contributed by atoms with Crippen molar-refractivity contribution in [2.24, 2.45) is 7.05 Å². The van der Waals surface area contributed by atoms with Gasteiger partial charge in [-0.25, -0.2) is 18.4 Å². The molecule has 1 aliphatic rings. The first-order valence-corrected chi connectivity index (χ1v) is 17.9. The Morgan fingerprint density at radius 1 is 0.837 bits per heavy atom. The normalized spacial score (nSPS) is 16.3. The summed E-state index contributed by atoms with van der Waals surface area (Å²) >= 11 is 12.4. The summed E-state index contributed by atoms with van der Waals surface area (Å²) in [5, 5.41) is 14.8. The molecule has 4 aromatic heterocycles. The van der Waals surface area contributed by atoms with Crippen LogP contribution in [0.2, 0.25) is 10.0 Å². The molecule has 7 rings (SSSR count). The molecule has 1 aliphatic carbocycles. The SMILES string of the molecule is Cn1c(=O)c(-c2ccccc2Cl)cc2cnc(S(C)(=O)=O)nc21.O=c1[nH]c2nc(NC3CCC(O)CC3)ncc2cc1-c1ccccc1Cl. The van der Waals surface area contributed by atoms with Crippen LogP contribution in [-0.4, -0.2) is 61.4 Å². The highest BCUT2D eigenvalue weighted by atomic mass is 35.5. The van der Waals surface area contributed by atoms with E-state index in [0.717, 1.165) is 37.3 Å². The van der Waals surface area contributed by atoms with Crippen LogP contribution in [0.15, 0.2) is 87.8 Å². The first-order chi connectivity index (χ1) is 23.4. The number of aliphatic hydroxyl groups is 1. The van der Waals surface area contributed by atoms with Gasteiger partial charge in [0, 0.05) is 74.8 Å². The Morgan fingerprint density at radius 3 is 2.06 bits per heavy atom. The zero-order valence-electron chi connectivity index (χ0n) is 26.4. The highest BCUT2D eigenvalue weighted by Crippen LogP contribution is 2.28. The quantitative estimate of drug-likeness (QED) is 0.196. The number of nitrogens with zero attached hydrogens (tertiary/aromatic N) is 5. The largest absolute Gasteiger partial charge is 0.393 e. The second kappa shape index (κ2) is 14.0. The van der Waals surface area contributed by atoms with E-state index in [4.69, 9.17) is 23.2 Å². The van der Waals surface area contributed by atoms with Crippen LogP contribution in [0, 0.1) is 0 Å². The molecule has 2 aromatic carbocycles. The highest BCUT2D eigenvalue weighted by Gasteiger charge is 2.20. The van der Waals surface area contributed by atoms with Crippen LogP contribution < -0.4 is 16.4 Å². The van der Waals surface area contributed by atoms with Gasteiger partial charge in [0.05, 0.1) is 6.10 Å². The molecule has 0 amide bonds. The monoisotopic (exact) mass is 719 g/mol. The number of halogens is 2. The molecule has 0 saturated heterocycles. The van der Waals surface area contributed by atoms with E-state index >= 15 is 0 Å². The highest BCUT2D eigenvalue weighted by molar-refractivity contribution is 7.90. The summed E-state index contributed by atoms with van der Waals surface area (Å²) in [4.78, 5) is 44.6. The standard InChI is InChI=1S/C19H19ClN4O2.C15H12ClN3O3S/c20-16-4-2-1-3-14(16)15-9-11-10-21-19(24-17(11)23-18(15)26)22-12-5-7-13(25)8-6-12;1-19-13-9(8-17-15(18-13)23(2,21)22)7-11(14(19)20)10-5-3-4-6-12(10)16/h1-4,9-10,12-13,25H,5-8H2,(H2,21,22,23,24,26);3-8H,1-2H3. The number of aryl methyl sites for hydroxylation is 1. The summed E-state index contributed by atoms with van der Waals surface area (Å²) in [6, 6.07) is 17.9. The molecule has 1 fully saturated rings. The molecule has 49 heavy (non-hydrogen) atoms. The third kappa shape index (κ3) is 7.49. The van der Waals surface area contributed by atoms with Crippen LogP contribution in [0.3, 0.4) is 0 Å². The topological polar surface area (TPSA) is 173 Å². The van der Waals surface area contributed by atoms with E-state index in [1.165, 1.54) is 17.8 Å². The molecule has 15 heteroatoms. The first-order valence-electron chi connectivity index (χ1n) is 15.3. The van der Waals surface area contributed by atoms with Gasteiger partial charge < -0.3 is 15.4 Å². The van der Waals surface area contributed by atoms with E-state index in [1.54, 1.807) is 48.7 Å². The smallest absolute Gasteiger partial charge is 0.259 e. The van der Waals surface area contributed by atoms with Crippen molar-refractivity contribution in [2.75, 3.05) is 11.6 Å². The number of H-pyrrole nitrogens is 1. The van der Waals surface area contributed by atoms with Crippen LogP contribution in [0.25, 0.3) is 44.3 Å². The molecule has 0 spiro atoms. The van der Waals surface area contributed by atoms with Gasteiger partial charge in [0.15, 0.2) is 0 Å². The van der Waals surface area contributed by atoms with Gasteiger partial charge >= 0.3 is 0 Å². The Hall–Kier alpha value is -4.69. The maximum Gasteiger partial charge on any atom is 0.259 e. The lowest BCUT2D eigenvalue weighted by Crippen LogP contribution is -2.29.